The molecule has 0 aromatic heterocycles. The van der Waals surface area contributed by atoms with Gasteiger partial charge in [-0.15, -0.1) is 11.6 Å². The standard InChI is InChI=1S/C17H24ClN3O/c1-11-9-13(17(3,4)5)16(22)15(10-11)21-20-14(12(2)19)7-6-8-18/h6-7,9-10,19,21-22H,8H2,1-5H3/b7-6-,19-12?,20-14-. The van der Waals surface area contributed by atoms with Crippen LogP contribution in [0.4, 0.5) is 5.69 Å². The SMILES string of the molecule is CC(=N)C(/C=C\CCl)=N\Nc1cc(C)cc(C(C)(C)C)c1O. The van der Waals surface area contributed by atoms with Crippen LogP contribution in [0, 0.1) is 12.3 Å². The first-order chi connectivity index (χ1) is 10.2. The molecule has 0 aliphatic heterocycles. The molecule has 1 aromatic carbocycles. The number of phenols is 1. The monoisotopic (exact) mass is 321 g/mol. The van der Waals surface area contributed by atoms with E-state index in [0.717, 1.165) is 11.1 Å². The topological polar surface area (TPSA) is 68.5 Å². The van der Waals surface area contributed by atoms with Crippen molar-refractivity contribution in [1.29, 1.82) is 5.41 Å². The van der Waals surface area contributed by atoms with Gasteiger partial charge in [-0.3, -0.25) is 5.43 Å². The highest BCUT2D eigenvalue weighted by Crippen LogP contribution is 2.37. The Morgan fingerprint density at radius 2 is 2.05 bits per heavy atom. The van der Waals surface area contributed by atoms with E-state index in [9.17, 15) is 5.11 Å². The highest BCUT2D eigenvalue weighted by molar-refractivity contribution is 6.44. The van der Waals surface area contributed by atoms with Gasteiger partial charge in [-0.25, -0.2) is 0 Å². The number of halogens is 1. The van der Waals surface area contributed by atoms with Crippen LogP contribution in [0.3, 0.4) is 0 Å². The molecule has 22 heavy (non-hydrogen) atoms. The summed E-state index contributed by atoms with van der Waals surface area (Å²) >= 11 is 5.61. The maximum atomic E-state index is 10.5. The number of hydrogen-bond donors (Lipinski definition) is 3. The summed E-state index contributed by atoms with van der Waals surface area (Å²) in [6.07, 6.45) is 3.40. The zero-order chi connectivity index (χ0) is 16.9. The number of hydrazone groups is 1. The van der Waals surface area contributed by atoms with Gasteiger partial charge in [0.2, 0.25) is 0 Å². The number of phenolic OH excluding ortho intramolecular Hbond substituents is 1. The van der Waals surface area contributed by atoms with Crippen LogP contribution in [0.25, 0.3) is 0 Å². The number of alkyl halides is 1. The van der Waals surface area contributed by atoms with Crippen LogP contribution in [0.5, 0.6) is 5.75 Å². The molecule has 4 nitrogen and oxygen atoms in total. The lowest BCUT2D eigenvalue weighted by atomic mass is 9.85. The van der Waals surface area contributed by atoms with Gasteiger partial charge < -0.3 is 10.5 Å². The molecule has 0 atom stereocenters. The van der Waals surface area contributed by atoms with Crippen molar-refractivity contribution in [2.24, 2.45) is 5.10 Å². The van der Waals surface area contributed by atoms with Crippen molar-refractivity contribution in [2.45, 2.75) is 40.0 Å². The number of anilines is 1. The van der Waals surface area contributed by atoms with E-state index in [1.54, 1.807) is 19.1 Å². The summed E-state index contributed by atoms with van der Waals surface area (Å²) in [5.74, 6) is 0.543. The summed E-state index contributed by atoms with van der Waals surface area (Å²) in [4.78, 5) is 0. The van der Waals surface area contributed by atoms with E-state index in [1.807, 2.05) is 39.8 Å². The van der Waals surface area contributed by atoms with Crippen molar-refractivity contribution in [2.75, 3.05) is 11.3 Å². The number of aryl methyl sites for hydroxylation is 1. The van der Waals surface area contributed by atoms with Crippen LogP contribution in [0.15, 0.2) is 29.4 Å². The first kappa shape index (κ1) is 18.2. The van der Waals surface area contributed by atoms with E-state index in [4.69, 9.17) is 17.0 Å². The van der Waals surface area contributed by atoms with Crippen LogP contribution < -0.4 is 5.43 Å². The summed E-state index contributed by atoms with van der Waals surface area (Å²) in [6.45, 7) is 9.76. The van der Waals surface area contributed by atoms with Crippen molar-refractivity contribution in [3.05, 3.63) is 35.4 Å². The third-order valence-corrected chi connectivity index (χ3v) is 3.29. The van der Waals surface area contributed by atoms with Gasteiger partial charge in [0.25, 0.3) is 0 Å². The van der Waals surface area contributed by atoms with Crippen molar-refractivity contribution >= 4 is 28.7 Å². The highest BCUT2D eigenvalue weighted by Gasteiger charge is 2.20. The molecule has 0 amide bonds. The number of rotatable bonds is 5. The minimum absolute atomic E-state index is 0.172. The molecule has 0 heterocycles. The van der Waals surface area contributed by atoms with Gasteiger partial charge in [0, 0.05) is 11.4 Å². The minimum Gasteiger partial charge on any atom is -0.505 e. The second-order valence-corrected chi connectivity index (χ2v) is 6.56. The van der Waals surface area contributed by atoms with Crippen molar-refractivity contribution in [1.82, 2.24) is 0 Å². The zero-order valence-corrected chi connectivity index (χ0v) is 14.5. The van der Waals surface area contributed by atoms with Gasteiger partial charge in [-0.2, -0.15) is 5.10 Å². The molecule has 1 aromatic rings. The molecule has 0 spiro atoms. The van der Waals surface area contributed by atoms with E-state index in [2.05, 4.69) is 10.5 Å². The third-order valence-electron chi connectivity index (χ3n) is 3.11. The van der Waals surface area contributed by atoms with Gasteiger partial charge in [-0.05, 0) is 37.0 Å². The predicted molar refractivity (Wildman–Crippen MR) is 95.9 cm³/mol. The van der Waals surface area contributed by atoms with E-state index < -0.39 is 0 Å². The van der Waals surface area contributed by atoms with E-state index >= 15 is 0 Å². The van der Waals surface area contributed by atoms with E-state index in [0.29, 0.717) is 23.0 Å². The van der Waals surface area contributed by atoms with Crippen molar-refractivity contribution in [3.8, 4) is 5.75 Å². The van der Waals surface area contributed by atoms with Crippen LogP contribution in [-0.4, -0.2) is 22.4 Å². The summed E-state index contributed by atoms with van der Waals surface area (Å²) in [6, 6.07) is 3.80. The fourth-order valence-corrected chi connectivity index (χ4v) is 2.05. The molecule has 0 aliphatic carbocycles. The Bertz CT molecular complexity index is 613. The number of allylic oxidation sites excluding steroid dienone is 2. The molecule has 120 valence electrons. The first-order valence-electron chi connectivity index (χ1n) is 7.12. The van der Waals surface area contributed by atoms with Crippen LogP contribution in [0.2, 0.25) is 0 Å². The first-order valence-corrected chi connectivity index (χ1v) is 7.66. The van der Waals surface area contributed by atoms with Crippen LogP contribution >= 0.6 is 11.6 Å². The molecular formula is C17H24ClN3O. The highest BCUT2D eigenvalue weighted by atomic mass is 35.5. The number of nitrogens with zero attached hydrogens (tertiary/aromatic N) is 1. The summed E-state index contributed by atoms with van der Waals surface area (Å²) < 4.78 is 0. The Hall–Kier alpha value is -1.81. The molecule has 0 saturated carbocycles. The summed E-state index contributed by atoms with van der Waals surface area (Å²) in [7, 11) is 0. The smallest absolute Gasteiger partial charge is 0.144 e. The lowest BCUT2D eigenvalue weighted by molar-refractivity contribution is 0.448. The quantitative estimate of drug-likeness (QED) is 0.321. The number of aromatic hydroxyl groups is 1. The maximum Gasteiger partial charge on any atom is 0.144 e. The minimum atomic E-state index is -0.172. The molecule has 0 bridgehead atoms. The largest absolute Gasteiger partial charge is 0.505 e. The molecule has 0 saturated heterocycles. The molecule has 0 aliphatic rings. The maximum absolute atomic E-state index is 10.5. The fourth-order valence-electron chi connectivity index (χ4n) is 1.96. The fraction of sp³-hybridized carbons (Fsp3) is 0.412. The van der Waals surface area contributed by atoms with Gasteiger partial charge >= 0.3 is 0 Å². The Morgan fingerprint density at radius 1 is 1.41 bits per heavy atom. The molecular weight excluding hydrogens is 298 g/mol. The second-order valence-electron chi connectivity index (χ2n) is 6.25. The van der Waals surface area contributed by atoms with Gasteiger partial charge in [0.15, 0.2) is 0 Å². The molecule has 0 radical (unpaired) electrons. The van der Waals surface area contributed by atoms with E-state index in [-0.39, 0.29) is 11.2 Å². The second kappa shape index (κ2) is 7.45. The lowest BCUT2D eigenvalue weighted by Gasteiger charge is -2.22. The lowest BCUT2D eigenvalue weighted by Crippen LogP contribution is -2.13. The third kappa shape index (κ3) is 4.88. The Labute approximate surface area is 137 Å². The van der Waals surface area contributed by atoms with Gasteiger partial charge in [0.05, 0.1) is 11.4 Å². The Morgan fingerprint density at radius 3 is 2.55 bits per heavy atom. The van der Waals surface area contributed by atoms with E-state index in [1.165, 1.54) is 0 Å². The predicted octanol–water partition coefficient (Wildman–Crippen LogP) is 4.60. The van der Waals surface area contributed by atoms with Gasteiger partial charge in [0.1, 0.15) is 11.5 Å². The van der Waals surface area contributed by atoms with Crippen LogP contribution in [-0.2, 0) is 5.41 Å². The molecule has 3 N–H and O–H groups in total. The Kier molecular flexibility index (Phi) is 6.18. The molecule has 0 unspecified atom stereocenters. The molecule has 1 rings (SSSR count). The number of hydrogen-bond acceptors (Lipinski definition) is 4. The summed E-state index contributed by atoms with van der Waals surface area (Å²) in [5, 5.41) is 22.4. The average Bonchev–Trinajstić information content (AvgIpc) is 2.40. The molecule has 0 fully saturated rings. The Balaban J connectivity index is 3.20. The number of nitrogens with one attached hydrogen (secondary N) is 2. The molecule has 5 heteroatoms. The van der Waals surface area contributed by atoms with Gasteiger partial charge in [-0.1, -0.05) is 32.9 Å². The normalized spacial score (nSPS) is 12.7. The summed E-state index contributed by atoms with van der Waals surface area (Å²) in [5.41, 5.74) is 5.89. The van der Waals surface area contributed by atoms with Crippen LogP contribution in [0.1, 0.15) is 38.8 Å². The average molecular weight is 322 g/mol. The van der Waals surface area contributed by atoms with Crippen molar-refractivity contribution in [3.63, 3.8) is 0 Å². The number of benzene rings is 1. The van der Waals surface area contributed by atoms with Crippen molar-refractivity contribution < 1.29 is 5.11 Å². The zero-order valence-electron chi connectivity index (χ0n) is 13.8.